The minimum absolute atomic E-state index is 0.0725. The Bertz CT molecular complexity index is 1320. The molecule has 1 aliphatic heterocycles. The van der Waals surface area contributed by atoms with Gasteiger partial charge in [0.05, 0.1) is 22.5 Å². The lowest BCUT2D eigenvalue weighted by Crippen LogP contribution is -2.46. The monoisotopic (exact) mass is 473 g/mol. The molecule has 0 bridgehead atoms. The number of H-pyrrole nitrogens is 1. The van der Waals surface area contributed by atoms with E-state index in [1.54, 1.807) is 18.7 Å². The first-order chi connectivity index (χ1) is 15.9. The van der Waals surface area contributed by atoms with E-state index in [0.717, 1.165) is 18.2 Å². The third kappa shape index (κ3) is 4.06. The van der Waals surface area contributed by atoms with Crippen LogP contribution < -0.4 is 15.4 Å². The van der Waals surface area contributed by atoms with Gasteiger partial charge in [-0.15, -0.1) is 0 Å². The third-order valence-electron chi connectivity index (χ3n) is 5.93. The third-order valence-corrected chi connectivity index (χ3v) is 5.93. The molecule has 2 aromatic carbocycles. The number of aromatic amines is 1. The van der Waals surface area contributed by atoms with Gasteiger partial charge in [0.2, 0.25) is 5.56 Å². The van der Waals surface area contributed by atoms with Crippen molar-refractivity contribution >= 4 is 23.0 Å². The van der Waals surface area contributed by atoms with Crippen molar-refractivity contribution in [3.05, 3.63) is 86.6 Å². The highest BCUT2D eigenvalue weighted by atomic mass is 19.4. The fraction of sp³-hybridized carbons (Fsp3) is 0.280. The molecule has 0 atom stereocenters. The highest BCUT2D eigenvalue weighted by Gasteiger charge is 2.37. The largest absolute Gasteiger partial charge is 0.416 e. The van der Waals surface area contributed by atoms with Crippen LogP contribution in [0.3, 0.4) is 0 Å². The molecule has 178 valence electrons. The van der Waals surface area contributed by atoms with E-state index in [9.17, 15) is 27.2 Å². The summed E-state index contributed by atoms with van der Waals surface area (Å²) in [6.07, 6.45) is -4.60. The second-order valence-electron chi connectivity index (χ2n) is 8.68. The van der Waals surface area contributed by atoms with Crippen molar-refractivity contribution in [3.63, 3.8) is 0 Å². The quantitative estimate of drug-likeness (QED) is 0.473. The van der Waals surface area contributed by atoms with Crippen LogP contribution in [-0.2, 0) is 6.18 Å². The maximum atomic E-state index is 14.1. The van der Waals surface area contributed by atoms with Gasteiger partial charge in [-0.05, 0) is 67.3 Å². The Morgan fingerprint density at radius 3 is 2.26 bits per heavy atom. The van der Waals surface area contributed by atoms with Crippen molar-refractivity contribution in [1.29, 1.82) is 0 Å². The molecular formula is C25H23F4N3O2. The number of benzene rings is 2. The van der Waals surface area contributed by atoms with E-state index in [2.05, 4.69) is 4.98 Å². The van der Waals surface area contributed by atoms with Gasteiger partial charge in [-0.2, -0.15) is 13.2 Å². The van der Waals surface area contributed by atoms with Crippen LogP contribution in [0.5, 0.6) is 0 Å². The number of hydrogen-bond donors (Lipinski definition) is 1. The number of pyridine rings is 1. The van der Waals surface area contributed by atoms with Crippen LogP contribution in [0.4, 0.5) is 34.6 Å². The molecule has 1 aromatic heterocycles. The number of carbonyl (C=O) groups excluding carboxylic acids is 1. The van der Waals surface area contributed by atoms with Crippen molar-refractivity contribution in [2.24, 2.45) is 0 Å². The molecule has 4 rings (SSSR count). The van der Waals surface area contributed by atoms with Gasteiger partial charge in [0.15, 0.2) is 0 Å². The Hall–Kier alpha value is -3.62. The molecule has 1 aliphatic rings. The number of alkyl halides is 3. The SMILES string of the molecule is Cc1cc(=O)[nH]c(C)c1N1CN(c2ccc(F)cc2C(C)C)c2cc(C(F)(F)F)ccc2C1=O. The van der Waals surface area contributed by atoms with Gasteiger partial charge in [-0.3, -0.25) is 14.5 Å². The van der Waals surface area contributed by atoms with Gasteiger partial charge in [0, 0.05) is 17.4 Å². The first kappa shape index (κ1) is 23.5. The average Bonchev–Trinajstić information content (AvgIpc) is 2.74. The molecule has 5 nitrogen and oxygen atoms in total. The van der Waals surface area contributed by atoms with Crippen molar-refractivity contribution in [2.75, 3.05) is 16.5 Å². The zero-order valence-corrected chi connectivity index (χ0v) is 19.0. The minimum Gasteiger partial charge on any atom is -0.324 e. The summed E-state index contributed by atoms with van der Waals surface area (Å²) in [5.74, 6) is -1.09. The number of amides is 1. The molecule has 3 aromatic rings. The molecule has 2 heterocycles. The zero-order chi connectivity index (χ0) is 24.9. The maximum absolute atomic E-state index is 14.1. The highest BCUT2D eigenvalue weighted by molar-refractivity contribution is 6.13. The summed E-state index contributed by atoms with van der Waals surface area (Å²) < 4.78 is 54.7. The number of anilines is 3. The fourth-order valence-electron chi connectivity index (χ4n) is 4.41. The Morgan fingerprint density at radius 1 is 0.941 bits per heavy atom. The standard InChI is InChI=1S/C25H23F4N3O2/c1-13(2)19-11-17(26)6-8-20(19)31-12-32(23-14(3)9-22(33)30-15(23)4)24(34)18-7-5-16(10-21(18)31)25(27,28)29/h5-11,13H,12H2,1-4H3,(H,30,33). The van der Waals surface area contributed by atoms with Crippen LogP contribution in [-0.4, -0.2) is 17.6 Å². The number of hydrogen-bond acceptors (Lipinski definition) is 3. The van der Waals surface area contributed by atoms with Crippen molar-refractivity contribution in [2.45, 2.75) is 39.8 Å². The summed E-state index contributed by atoms with van der Waals surface area (Å²) in [5, 5.41) is 0. The second-order valence-corrected chi connectivity index (χ2v) is 8.68. The molecule has 0 aliphatic carbocycles. The van der Waals surface area contributed by atoms with Gasteiger partial charge in [-0.25, -0.2) is 4.39 Å². The van der Waals surface area contributed by atoms with E-state index in [0.29, 0.717) is 28.2 Å². The first-order valence-electron chi connectivity index (χ1n) is 10.7. The number of rotatable bonds is 3. The number of carbonyl (C=O) groups is 1. The molecule has 0 spiro atoms. The second kappa shape index (κ2) is 8.30. The summed E-state index contributed by atoms with van der Waals surface area (Å²) in [7, 11) is 0. The lowest BCUT2D eigenvalue weighted by atomic mass is 9.97. The first-order valence-corrected chi connectivity index (χ1v) is 10.7. The van der Waals surface area contributed by atoms with E-state index < -0.39 is 23.5 Å². The van der Waals surface area contributed by atoms with Gasteiger partial charge in [0.25, 0.3) is 5.91 Å². The average molecular weight is 473 g/mol. The Labute approximate surface area is 193 Å². The topological polar surface area (TPSA) is 56.4 Å². The number of fused-ring (bicyclic) bond motifs is 1. The summed E-state index contributed by atoms with van der Waals surface area (Å²) in [6, 6.07) is 8.45. The van der Waals surface area contributed by atoms with Crippen LogP contribution in [0.15, 0.2) is 47.3 Å². The molecular weight excluding hydrogens is 450 g/mol. The summed E-state index contributed by atoms with van der Waals surface area (Å²) >= 11 is 0. The van der Waals surface area contributed by atoms with Crippen LogP contribution in [0, 0.1) is 19.7 Å². The molecule has 0 unspecified atom stereocenters. The van der Waals surface area contributed by atoms with Crippen molar-refractivity contribution in [1.82, 2.24) is 4.98 Å². The Morgan fingerprint density at radius 2 is 1.65 bits per heavy atom. The molecule has 0 saturated carbocycles. The van der Waals surface area contributed by atoms with Crippen LogP contribution in [0.25, 0.3) is 0 Å². The van der Waals surface area contributed by atoms with E-state index in [4.69, 9.17) is 0 Å². The van der Waals surface area contributed by atoms with E-state index in [-0.39, 0.29) is 29.4 Å². The van der Waals surface area contributed by atoms with Gasteiger partial charge in [0.1, 0.15) is 12.5 Å². The molecule has 1 amide bonds. The van der Waals surface area contributed by atoms with Crippen molar-refractivity contribution in [3.8, 4) is 0 Å². The van der Waals surface area contributed by atoms with Gasteiger partial charge in [-0.1, -0.05) is 13.8 Å². The molecule has 0 saturated heterocycles. The number of aromatic nitrogens is 1. The lowest BCUT2D eigenvalue weighted by molar-refractivity contribution is -0.137. The van der Waals surface area contributed by atoms with Gasteiger partial charge < -0.3 is 9.88 Å². The van der Waals surface area contributed by atoms with Crippen LogP contribution in [0.1, 0.15) is 52.5 Å². The number of nitrogens with zero attached hydrogens (tertiary/aromatic N) is 2. The van der Waals surface area contributed by atoms with Gasteiger partial charge >= 0.3 is 6.18 Å². The highest BCUT2D eigenvalue weighted by Crippen LogP contribution is 2.42. The Kier molecular flexibility index (Phi) is 5.75. The molecule has 34 heavy (non-hydrogen) atoms. The fourth-order valence-corrected chi connectivity index (χ4v) is 4.41. The predicted octanol–water partition coefficient (Wildman–Crippen LogP) is 6.03. The summed E-state index contributed by atoms with van der Waals surface area (Å²) in [6.45, 7) is 6.94. The zero-order valence-electron chi connectivity index (χ0n) is 19.0. The summed E-state index contributed by atoms with van der Waals surface area (Å²) in [4.78, 5) is 31.1. The summed E-state index contributed by atoms with van der Waals surface area (Å²) in [5.41, 5.74) is 1.51. The smallest absolute Gasteiger partial charge is 0.324 e. The number of aryl methyl sites for hydroxylation is 2. The van der Waals surface area contributed by atoms with Crippen LogP contribution >= 0.6 is 0 Å². The minimum atomic E-state index is -4.60. The normalized spacial score (nSPS) is 14.1. The predicted molar refractivity (Wildman–Crippen MR) is 122 cm³/mol. The van der Waals surface area contributed by atoms with E-state index in [1.807, 2.05) is 13.8 Å². The number of halogens is 4. The molecule has 0 fully saturated rings. The van der Waals surface area contributed by atoms with E-state index in [1.165, 1.54) is 29.2 Å². The Balaban J connectivity index is 1.98. The van der Waals surface area contributed by atoms with Crippen LogP contribution in [0.2, 0.25) is 0 Å². The maximum Gasteiger partial charge on any atom is 0.416 e. The molecule has 0 radical (unpaired) electrons. The van der Waals surface area contributed by atoms with Crippen molar-refractivity contribution < 1.29 is 22.4 Å². The number of nitrogens with one attached hydrogen (secondary N) is 1. The molecule has 9 heteroatoms. The van der Waals surface area contributed by atoms with E-state index >= 15 is 0 Å². The molecule has 1 N–H and O–H groups in total. The lowest BCUT2D eigenvalue weighted by Gasteiger charge is -2.40.